The lowest BCUT2D eigenvalue weighted by molar-refractivity contribution is 0.0664. The fraction of sp³-hybridized carbons (Fsp3) is 0.312. The van der Waals surface area contributed by atoms with E-state index in [9.17, 15) is 26.4 Å². The molecule has 1 amide bonds. The summed E-state index contributed by atoms with van der Waals surface area (Å²) in [5, 5.41) is 0. The number of amides is 1. The zero-order valence-electron chi connectivity index (χ0n) is 13.7. The molecule has 6 nitrogen and oxygen atoms in total. The minimum atomic E-state index is -4.35. The average molecular weight is 388 g/mol. The standard InChI is InChI=1S/C16H15F3N2O4S/c1-10-4-9-25-15(10)16(22)20-5-7-21(8-6-20)26(23,24)12-3-2-11(17)13(18)14(12)19/h2-4,9H,5-8H2,1H3. The van der Waals surface area contributed by atoms with Gasteiger partial charge in [0.2, 0.25) is 10.0 Å². The molecule has 26 heavy (non-hydrogen) atoms. The lowest BCUT2D eigenvalue weighted by atomic mass is 10.2. The molecule has 0 bridgehead atoms. The Morgan fingerprint density at radius 1 is 1.04 bits per heavy atom. The van der Waals surface area contributed by atoms with Gasteiger partial charge in [-0.15, -0.1) is 0 Å². The zero-order valence-corrected chi connectivity index (χ0v) is 14.5. The molecule has 1 fully saturated rings. The number of aryl methyl sites for hydroxylation is 1. The number of rotatable bonds is 3. The van der Waals surface area contributed by atoms with Crippen molar-refractivity contribution < 1.29 is 30.8 Å². The molecule has 1 aliphatic rings. The van der Waals surface area contributed by atoms with Crippen molar-refractivity contribution in [3.63, 3.8) is 0 Å². The first-order chi connectivity index (χ1) is 12.2. The summed E-state index contributed by atoms with van der Waals surface area (Å²) in [5.74, 6) is -5.26. The van der Waals surface area contributed by atoms with E-state index in [0.29, 0.717) is 17.7 Å². The molecule has 140 valence electrons. The minimum absolute atomic E-state index is 0.0590. The Morgan fingerprint density at radius 2 is 1.69 bits per heavy atom. The molecule has 10 heteroatoms. The normalized spacial score (nSPS) is 16.1. The largest absolute Gasteiger partial charge is 0.459 e. The summed E-state index contributed by atoms with van der Waals surface area (Å²) in [7, 11) is -4.35. The average Bonchev–Trinajstić information content (AvgIpc) is 3.05. The second kappa shape index (κ2) is 6.76. The van der Waals surface area contributed by atoms with Gasteiger partial charge in [0.25, 0.3) is 5.91 Å². The van der Waals surface area contributed by atoms with E-state index in [4.69, 9.17) is 4.42 Å². The van der Waals surface area contributed by atoms with Crippen LogP contribution in [0.25, 0.3) is 0 Å². The Labute approximate surface area is 147 Å². The van der Waals surface area contributed by atoms with E-state index in [-0.39, 0.29) is 37.8 Å². The van der Waals surface area contributed by atoms with Crippen LogP contribution in [0.1, 0.15) is 16.1 Å². The number of sulfonamides is 1. The zero-order chi connectivity index (χ0) is 19.1. The van der Waals surface area contributed by atoms with Gasteiger partial charge in [-0.25, -0.2) is 21.6 Å². The Balaban J connectivity index is 1.76. The highest BCUT2D eigenvalue weighted by molar-refractivity contribution is 7.89. The number of hydrogen-bond acceptors (Lipinski definition) is 4. The second-order valence-electron chi connectivity index (χ2n) is 5.80. The van der Waals surface area contributed by atoms with Crippen LogP contribution in [0.4, 0.5) is 13.2 Å². The fourth-order valence-electron chi connectivity index (χ4n) is 2.71. The minimum Gasteiger partial charge on any atom is -0.459 e. The SMILES string of the molecule is Cc1ccoc1C(=O)N1CCN(S(=O)(=O)c2ccc(F)c(F)c2F)CC1. The molecule has 1 aromatic carbocycles. The highest BCUT2D eigenvalue weighted by atomic mass is 32.2. The van der Waals surface area contributed by atoms with Crippen molar-refractivity contribution in [3.8, 4) is 0 Å². The number of piperazine rings is 1. The van der Waals surface area contributed by atoms with Crippen LogP contribution in [0.2, 0.25) is 0 Å². The maximum Gasteiger partial charge on any atom is 0.289 e. The van der Waals surface area contributed by atoms with Gasteiger partial charge in [-0.3, -0.25) is 4.79 Å². The third kappa shape index (κ3) is 3.10. The van der Waals surface area contributed by atoms with Crippen molar-refractivity contribution in [1.82, 2.24) is 9.21 Å². The van der Waals surface area contributed by atoms with Crippen LogP contribution in [0.3, 0.4) is 0 Å². The predicted molar refractivity (Wildman–Crippen MR) is 84.4 cm³/mol. The first-order valence-electron chi connectivity index (χ1n) is 7.70. The third-order valence-electron chi connectivity index (χ3n) is 4.20. The molecule has 0 aliphatic carbocycles. The summed E-state index contributed by atoms with van der Waals surface area (Å²) in [4.78, 5) is 12.8. The number of carbonyl (C=O) groups excluding carboxylic acids is 1. The van der Waals surface area contributed by atoms with Crippen molar-refractivity contribution in [2.45, 2.75) is 11.8 Å². The molecule has 0 radical (unpaired) electrons. The summed E-state index contributed by atoms with van der Waals surface area (Å²) >= 11 is 0. The quantitative estimate of drug-likeness (QED) is 0.756. The van der Waals surface area contributed by atoms with Crippen molar-refractivity contribution in [2.24, 2.45) is 0 Å². The molecular formula is C16H15F3N2O4S. The van der Waals surface area contributed by atoms with Crippen molar-refractivity contribution in [2.75, 3.05) is 26.2 Å². The van der Waals surface area contributed by atoms with E-state index in [1.165, 1.54) is 11.2 Å². The number of halogens is 3. The Hall–Kier alpha value is -2.33. The number of hydrogen-bond donors (Lipinski definition) is 0. The molecule has 0 atom stereocenters. The van der Waals surface area contributed by atoms with Crippen LogP contribution < -0.4 is 0 Å². The monoisotopic (exact) mass is 388 g/mol. The molecule has 1 saturated heterocycles. The summed E-state index contributed by atoms with van der Waals surface area (Å²) in [6.45, 7) is 1.62. The Kier molecular flexibility index (Phi) is 4.80. The predicted octanol–water partition coefficient (Wildman–Crippen LogP) is 2.15. The van der Waals surface area contributed by atoms with Crippen LogP contribution >= 0.6 is 0 Å². The van der Waals surface area contributed by atoms with Gasteiger partial charge >= 0.3 is 0 Å². The topological polar surface area (TPSA) is 70.8 Å². The molecule has 0 spiro atoms. The fourth-order valence-corrected chi connectivity index (χ4v) is 4.19. The summed E-state index contributed by atoms with van der Waals surface area (Å²) in [6.07, 6.45) is 1.38. The van der Waals surface area contributed by atoms with Gasteiger partial charge in [0, 0.05) is 31.7 Å². The highest BCUT2D eigenvalue weighted by Gasteiger charge is 2.34. The molecule has 0 N–H and O–H groups in total. The summed E-state index contributed by atoms with van der Waals surface area (Å²) in [6, 6.07) is 2.89. The third-order valence-corrected chi connectivity index (χ3v) is 6.12. The summed E-state index contributed by atoms with van der Waals surface area (Å²) in [5.41, 5.74) is 0.661. The van der Waals surface area contributed by atoms with Gasteiger partial charge in [-0.05, 0) is 25.1 Å². The van der Waals surface area contributed by atoms with Crippen LogP contribution in [-0.2, 0) is 10.0 Å². The van der Waals surface area contributed by atoms with Gasteiger partial charge in [0.05, 0.1) is 6.26 Å². The maximum atomic E-state index is 13.9. The first-order valence-corrected chi connectivity index (χ1v) is 9.14. The second-order valence-corrected chi connectivity index (χ2v) is 7.71. The Morgan fingerprint density at radius 3 is 2.27 bits per heavy atom. The number of carbonyl (C=O) groups is 1. The van der Waals surface area contributed by atoms with E-state index >= 15 is 0 Å². The molecular weight excluding hydrogens is 373 g/mol. The van der Waals surface area contributed by atoms with Gasteiger partial charge < -0.3 is 9.32 Å². The van der Waals surface area contributed by atoms with E-state index in [1.54, 1.807) is 13.0 Å². The van der Waals surface area contributed by atoms with Crippen molar-refractivity contribution in [3.05, 3.63) is 53.2 Å². The van der Waals surface area contributed by atoms with Crippen LogP contribution in [-0.4, -0.2) is 49.7 Å². The smallest absolute Gasteiger partial charge is 0.289 e. The lowest BCUT2D eigenvalue weighted by Crippen LogP contribution is -2.50. The molecule has 0 saturated carbocycles. The molecule has 2 aromatic rings. The van der Waals surface area contributed by atoms with E-state index in [0.717, 1.165) is 4.31 Å². The first kappa shape index (κ1) is 18.5. The molecule has 1 aromatic heterocycles. The van der Waals surface area contributed by atoms with Crippen LogP contribution in [0.5, 0.6) is 0 Å². The van der Waals surface area contributed by atoms with Crippen molar-refractivity contribution in [1.29, 1.82) is 0 Å². The van der Waals surface area contributed by atoms with Crippen molar-refractivity contribution >= 4 is 15.9 Å². The van der Waals surface area contributed by atoms with E-state index in [1.807, 2.05) is 0 Å². The number of nitrogens with zero attached hydrogens (tertiary/aromatic N) is 2. The summed E-state index contributed by atoms with van der Waals surface area (Å²) < 4.78 is 71.3. The highest BCUT2D eigenvalue weighted by Crippen LogP contribution is 2.24. The number of benzene rings is 1. The van der Waals surface area contributed by atoms with E-state index in [2.05, 4.69) is 0 Å². The van der Waals surface area contributed by atoms with Gasteiger partial charge in [0.1, 0.15) is 4.90 Å². The molecule has 2 heterocycles. The van der Waals surface area contributed by atoms with Crippen LogP contribution in [0, 0.1) is 24.4 Å². The van der Waals surface area contributed by atoms with Gasteiger partial charge in [0.15, 0.2) is 23.2 Å². The van der Waals surface area contributed by atoms with E-state index < -0.39 is 32.4 Å². The maximum absolute atomic E-state index is 13.9. The molecule has 0 unspecified atom stereocenters. The Bertz CT molecular complexity index is 950. The van der Waals surface area contributed by atoms with Crippen LogP contribution in [0.15, 0.2) is 33.8 Å². The van der Waals surface area contributed by atoms with Gasteiger partial charge in [-0.2, -0.15) is 4.31 Å². The van der Waals surface area contributed by atoms with Gasteiger partial charge in [-0.1, -0.05) is 0 Å². The number of furan rings is 1. The molecule has 1 aliphatic heterocycles. The lowest BCUT2D eigenvalue weighted by Gasteiger charge is -2.33. The molecule has 3 rings (SSSR count).